The molecule has 0 saturated carbocycles. The predicted octanol–water partition coefficient (Wildman–Crippen LogP) is 4.18. The molecule has 9 heteroatoms. The van der Waals surface area contributed by atoms with Gasteiger partial charge in [-0.2, -0.15) is 13.2 Å². The molecule has 0 saturated heterocycles. The maximum Gasteiger partial charge on any atom is 0.412 e. The van der Waals surface area contributed by atoms with Gasteiger partial charge >= 0.3 is 6.18 Å². The summed E-state index contributed by atoms with van der Waals surface area (Å²) < 4.78 is 40.8. The number of amides is 2. The number of carbonyl (C=O) groups excluding carboxylic acids is 2. The third-order valence-electron chi connectivity index (χ3n) is 5.97. The highest BCUT2D eigenvalue weighted by molar-refractivity contribution is 5.99. The van der Waals surface area contributed by atoms with Crippen LogP contribution in [0, 0.1) is 5.92 Å². The van der Waals surface area contributed by atoms with E-state index in [0.717, 1.165) is 0 Å². The lowest BCUT2D eigenvalue weighted by atomic mass is 9.84. The summed E-state index contributed by atoms with van der Waals surface area (Å²) in [6.07, 6.45) is -4.47. The van der Waals surface area contributed by atoms with Gasteiger partial charge in [0, 0.05) is 5.56 Å². The van der Waals surface area contributed by atoms with Gasteiger partial charge in [0.1, 0.15) is 0 Å². The zero-order valence-corrected chi connectivity index (χ0v) is 18.7. The van der Waals surface area contributed by atoms with E-state index in [4.69, 9.17) is 5.73 Å². The maximum absolute atomic E-state index is 13.6. The number of alkyl halides is 3. The van der Waals surface area contributed by atoms with Crippen molar-refractivity contribution in [1.29, 1.82) is 0 Å². The van der Waals surface area contributed by atoms with Crippen LogP contribution in [0.3, 0.4) is 0 Å². The number of guanidine groups is 1. The van der Waals surface area contributed by atoms with Gasteiger partial charge in [-0.05, 0) is 36.1 Å². The number of benzene rings is 2. The molecule has 33 heavy (non-hydrogen) atoms. The van der Waals surface area contributed by atoms with Crippen LogP contribution in [0.2, 0.25) is 0 Å². The van der Waals surface area contributed by atoms with E-state index in [1.54, 1.807) is 18.2 Å². The lowest BCUT2D eigenvalue weighted by molar-refractivity contribution is -0.155. The van der Waals surface area contributed by atoms with Crippen LogP contribution in [0.1, 0.15) is 54.7 Å². The number of hydrogen-bond acceptors (Lipinski definition) is 4. The number of nitrogens with zero attached hydrogens (tertiary/aromatic N) is 2. The van der Waals surface area contributed by atoms with Crippen molar-refractivity contribution in [1.82, 2.24) is 10.2 Å². The largest absolute Gasteiger partial charge is 0.412 e. The number of rotatable bonds is 6. The Balaban J connectivity index is 1.79. The average molecular weight is 461 g/mol. The van der Waals surface area contributed by atoms with Crippen molar-refractivity contribution >= 4 is 17.8 Å². The molecule has 0 spiro atoms. The standard InChI is InChI=1S/C24H27F3N4O2/c1-15(2)23(3)13-19(32)31(22(28)30-23)14-16-8-7-11-18(12-16)21(33)29-20(24(25,26)27)17-9-5-4-6-10-17/h4-12,15,20H,13-14H2,1-3H3,(H2,28,30)(H,29,33)/t20-,23+/m1/s1. The Morgan fingerprint density at radius 3 is 2.42 bits per heavy atom. The van der Waals surface area contributed by atoms with Crippen LogP contribution in [0.15, 0.2) is 59.6 Å². The highest BCUT2D eigenvalue weighted by Gasteiger charge is 2.42. The molecule has 176 valence electrons. The first-order chi connectivity index (χ1) is 15.4. The van der Waals surface area contributed by atoms with Gasteiger partial charge in [-0.15, -0.1) is 0 Å². The molecule has 0 radical (unpaired) electrons. The van der Waals surface area contributed by atoms with E-state index in [0.29, 0.717) is 5.56 Å². The minimum atomic E-state index is -4.66. The molecule has 0 aromatic heterocycles. The number of nitrogens with one attached hydrogen (secondary N) is 1. The van der Waals surface area contributed by atoms with Gasteiger partial charge in [0.25, 0.3) is 5.91 Å². The number of aliphatic imine (C=N–C) groups is 1. The van der Waals surface area contributed by atoms with E-state index in [1.807, 2.05) is 20.8 Å². The Morgan fingerprint density at radius 2 is 1.85 bits per heavy atom. The zero-order chi connectivity index (χ0) is 24.4. The number of nitrogens with two attached hydrogens (primary N) is 1. The molecule has 3 N–H and O–H groups in total. The molecular formula is C24H27F3N4O2. The Bertz CT molecular complexity index is 1050. The van der Waals surface area contributed by atoms with Crippen LogP contribution in [0.25, 0.3) is 0 Å². The van der Waals surface area contributed by atoms with E-state index in [1.165, 1.54) is 41.3 Å². The number of hydrogen-bond donors (Lipinski definition) is 2. The molecule has 1 aliphatic rings. The molecule has 0 aliphatic carbocycles. The van der Waals surface area contributed by atoms with E-state index in [9.17, 15) is 22.8 Å². The minimum Gasteiger partial charge on any atom is -0.369 e. The molecule has 1 aliphatic heterocycles. The van der Waals surface area contributed by atoms with Crippen LogP contribution in [-0.2, 0) is 11.3 Å². The van der Waals surface area contributed by atoms with Gasteiger partial charge < -0.3 is 11.1 Å². The van der Waals surface area contributed by atoms with Gasteiger partial charge in [0.05, 0.1) is 18.5 Å². The minimum absolute atomic E-state index is 0.0460. The molecule has 3 rings (SSSR count). The van der Waals surface area contributed by atoms with Crippen molar-refractivity contribution in [2.45, 2.75) is 51.5 Å². The monoisotopic (exact) mass is 460 g/mol. The molecule has 6 nitrogen and oxygen atoms in total. The summed E-state index contributed by atoms with van der Waals surface area (Å²) in [5.41, 5.74) is 5.99. The average Bonchev–Trinajstić information content (AvgIpc) is 2.74. The number of carbonyl (C=O) groups is 2. The summed E-state index contributed by atoms with van der Waals surface area (Å²) in [4.78, 5) is 31.2. The lowest BCUT2D eigenvalue weighted by Crippen LogP contribution is -2.51. The van der Waals surface area contributed by atoms with Gasteiger partial charge in [0.2, 0.25) is 5.91 Å². The fraction of sp³-hybridized carbons (Fsp3) is 0.375. The van der Waals surface area contributed by atoms with Gasteiger partial charge in [-0.3, -0.25) is 14.5 Å². The Kier molecular flexibility index (Phi) is 6.81. The third-order valence-corrected chi connectivity index (χ3v) is 5.97. The second kappa shape index (κ2) is 9.25. The maximum atomic E-state index is 13.6. The first-order valence-corrected chi connectivity index (χ1v) is 10.6. The van der Waals surface area contributed by atoms with Crippen molar-refractivity contribution in [3.8, 4) is 0 Å². The summed E-state index contributed by atoms with van der Waals surface area (Å²) in [7, 11) is 0. The van der Waals surface area contributed by atoms with Crippen molar-refractivity contribution in [2.24, 2.45) is 16.6 Å². The first kappa shape index (κ1) is 24.3. The van der Waals surface area contributed by atoms with Crippen LogP contribution in [0.4, 0.5) is 13.2 Å². The fourth-order valence-corrected chi connectivity index (χ4v) is 3.60. The Morgan fingerprint density at radius 1 is 1.18 bits per heavy atom. The quantitative estimate of drug-likeness (QED) is 0.678. The second-order valence-electron chi connectivity index (χ2n) is 8.70. The van der Waals surface area contributed by atoms with E-state index < -0.39 is 23.7 Å². The molecule has 2 atom stereocenters. The van der Waals surface area contributed by atoms with Crippen LogP contribution in [-0.4, -0.2) is 34.4 Å². The third kappa shape index (κ3) is 5.53. The highest BCUT2D eigenvalue weighted by atomic mass is 19.4. The number of halogens is 3. The van der Waals surface area contributed by atoms with E-state index >= 15 is 0 Å². The molecule has 1 heterocycles. The summed E-state index contributed by atoms with van der Waals surface area (Å²) in [6, 6.07) is 11.1. The predicted molar refractivity (Wildman–Crippen MR) is 119 cm³/mol. The second-order valence-corrected chi connectivity index (χ2v) is 8.70. The zero-order valence-electron chi connectivity index (χ0n) is 18.7. The first-order valence-electron chi connectivity index (χ1n) is 10.6. The van der Waals surface area contributed by atoms with E-state index in [-0.39, 0.29) is 41.9 Å². The van der Waals surface area contributed by atoms with Gasteiger partial charge in [-0.1, -0.05) is 56.3 Å². The molecule has 0 unspecified atom stereocenters. The van der Waals surface area contributed by atoms with Crippen molar-refractivity contribution in [2.75, 3.05) is 0 Å². The van der Waals surface area contributed by atoms with Gasteiger partial charge in [-0.25, -0.2) is 4.99 Å². The van der Waals surface area contributed by atoms with Crippen LogP contribution < -0.4 is 11.1 Å². The molecular weight excluding hydrogens is 433 g/mol. The SMILES string of the molecule is CC(C)[C@]1(C)CC(=O)N(Cc2cccc(C(=O)N[C@H](c3ccccc3)C(F)(F)F)c2)C(N)=N1. The molecule has 0 fully saturated rings. The van der Waals surface area contributed by atoms with Crippen LogP contribution >= 0.6 is 0 Å². The van der Waals surface area contributed by atoms with Crippen molar-refractivity contribution in [3.63, 3.8) is 0 Å². The summed E-state index contributed by atoms with van der Waals surface area (Å²) >= 11 is 0. The molecule has 2 amide bonds. The van der Waals surface area contributed by atoms with Gasteiger partial charge in [0.15, 0.2) is 12.0 Å². The van der Waals surface area contributed by atoms with E-state index in [2.05, 4.69) is 10.3 Å². The highest BCUT2D eigenvalue weighted by Crippen LogP contribution is 2.33. The summed E-state index contributed by atoms with van der Waals surface area (Å²) in [5, 5.41) is 2.07. The van der Waals surface area contributed by atoms with Crippen molar-refractivity contribution < 1.29 is 22.8 Å². The molecule has 0 bridgehead atoms. The molecule has 2 aromatic rings. The summed E-state index contributed by atoms with van der Waals surface area (Å²) in [5.74, 6) is -0.879. The molecule has 2 aromatic carbocycles. The normalized spacial score (nSPS) is 19.9. The summed E-state index contributed by atoms with van der Waals surface area (Å²) in [6.45, 7) is 5.86. The fourth-order valence-electron chi connectivity index (χ4n) is 3.60. The Hall–Kier alpha value is -3.36. The lowest BCUT2D eigenvalue weighted by Gasteiger charge is -2.37. The Labute approximate surface area is 190 Å². The topological polar surface area (TPSA) is 87.8 Å². The smallest absolute Gasteiger partial charge is 0.369 e. The van der Waals surface area contributed by atoms with Crippen molar-refractivity contribution in [3.05, 3.63) is 71.3 Å². The van der Waals surface area contributed by atoms with Crippen LogP contribution in [0.5, 0.6) is 0 Å².